The molecule has 70 valence electrons. The lowest BCUT2D eigenvalue weighted by molar-refractivity contribution is 0.111. The number of hydrogen-bond donors (Lipinski definition) is 0. The normalized spacial score (nSPS) is 16.0. The van der Waals surface area contributed by atoms with Gasteiger partial charge in [0, 0.05) is 23.8 Å². The summed E-state index contributed by atoms with van der Waals surface area (Å²) in [5.74, 6) is 0. The van der Waals surface area contributed by atoms with Gasteiger partial charge in [-0.2, -0.15) is 0 Å². The topological polar surface area (TPSA) is 34.9 Å². The number of nitrogens with zero attached hydrogens (tertiary/aromatic N) is 2. The second-order valence-corrected chi connectivity index (χ2v) is 3.72. The van der Waals surface area contributed by atoms with Crippen LogP contribution in [0.1, 0.15) is 29.4 Å². The van der Waals surface area contributed by atoms with Gasteiger partial charge in [-0.1, -0.05) is 0 Å². The average Bonchev–Trinajstić information content (AvgIpc) is 2.98. The Balaban J connectivity index is 2.35. The highest BCUT2D eigenvalue weighted by Gasteiger charge is 2.26. The van der Waals surface area contributed by atoms with Gasteiger partial charge in [0.15, 0.2) is 6.29 Å². The summed E-state index contributed by atoms with van der Waals surface area (Å²) in [5, 5.41) is 1.06. The van der Waals surface area contributed by atoms with Crippen LogP contribution in [-0.2, 0) is 0 Å². The summed E-state index contributed by atoms with van der Waals surface area (Å²) in [4.78, 5) is 14.9. The van der Waals surface area contributed by atoms with Crippen LogP contribution in [0.25, 0.3) is 10.9 Å². The van der Waals surface area contributed by atoms with Gasteiger partial charge in [-0.15, -0.1) is 0 Å². The predicted molar refractivity (Wildman–Crippen MR) is 53.4 cm³/mol. The van der Waals surface area contributed by atoms with Crippen molar-refractivity contribution >= 4 is 17.2 Å². The van der Waals surface area contributed by atoms with Crippen molar-refractivity contribution in [2.45, 2.75) is 18.9 Å². The van der Waals surface area contributed by atoms with Gasteiger partial charge in [-0.3, -0.25) is 9.78 Å². The van der Waals surface area contributed by atoms with Gasteiger partial charge in [0.2, 0.25) is 0 Å². The number of aromatic nitrogens is 2. The quantitative estimate of drug-likeness (QED) is 0.674. The first-order valence-electron chi connectivity index (χ1n) is 4.80. The molecule has 3 nitrogen and oxygen atoms in total. The van der Waals surface area contributed by atoms with Crippen molar-refractivity contribution in [2.24, 2.45) is 0 Å². The van der Waals surface area contributed by atoms with Gasteiger partial charge in [0.05, 0.1) is 11.2 Å². The molecule has 0 amide bonds. The van der Waals surface area contributed by atoms with Crippen molar-refractivity contribution in [3.05, 3.63) is 30.2 Å². The molecule has 0 aliphatic heterocycles. The molecule has 0 bridgehead atoms. The second-order valence-electron chi connectivity index (χ2n) is 3.72. The molecule has 0 saturated heterocycles. The van der Waals surface area contributed by atoms with Crippen LogP contribution in [0.3, 0.4) is 0 Å². The SMILES string of the molecule is O=Cc1cc2cnccc2n1C1CC1. The third kappa shape index (κ3) is 0.985. The monoisotopic (exact) mass is 186 g/mol. The standard InChI is InChI=1S/C11H10N2O/c14-7-10-5-8-6-12-4-3-11(8)13(10)9-1-2-9/h3-7,9H,1-2H2. The van der Waals surface area contributed by atoms with E-state index in [1.165, 1.54) is 12.8 Å². The van der Waals surface area contributed by atoms with Gasteiger partial charge in [0.1, 0.15) is 0 Å². The lowest BCUT2D eigenvalue weighted by Crippen LogP contribution is -1.98. The molecule has 1 fully saturated rings. The third-order valence-corrected chi connectivity index (χ3v) is 2.70. The van der Waals surface area contributed by atoms with E-state index in [-0.39, 0.29) is 0 Å². The van der Waals surface area contributed by atoms with Crippen molar-refractivity contribution in [1.82, 2.24) is 9.55 Å². The van der Waals surface area contributed by atoms with E-state index in [1.54, 1.807) is 12.4 Å². The maximum absolute atomic E-state index is 10.9. The molecule has 2 aromatic heterocycles. The average molecular weight is 186 g/mol. The molecule has 3 rings (SSSR count). The zero-order chi connectivity index (χ0) is 9.54. The largest absolute Gasteiger partial charge is 0.335 e. The first kappa shape index (κ1) is 7.74. The first-order valence-corrected chi connectivity index (χ1v) is 4.80. The molecule has 14 heavy (non-hydrogen) atoms. The number of rotatable bonds is 2. The summed E-state index contributed by atoms with van der Waals surface area (Å²) < 4.78 is 2.13. The van der Waals surface area contributed by atoms with Crippen molar-refractivity contribution in [3.63, 3.8) is 0 Å². The van der Waals surface area contributed by atoms with Crippen LogP contribution >= 0.6 is 0 Å². The summed E-state index contributed by atoms with van der Waals surface area (Å²) in [6, 6.07) is 4.42. The molecule has 1 aliphatic rings. The summed E-state index contributed by atoms with van der Waals surface area (Å²) in [6.45, 7) is 0. The van der Waals surface area contributed by atoms with Crippen molar-refractivity contribution < 1.29 is 4.79 Å². The zero-order valence-corrected chi connectivity index (χ0v) is 7.68. The molecule has 3 heteroatoms. The zero-order valence-electron chi connectivity index (χ0n) is 7.68. The van der Waals surface area contributed by atoms with Crippen LogP contribution in [0.5, 0.6) is 0 Å². The summed E-state index contributed by atoms with van der Waals surface area (Å²) >= 11 is 0. The van der Waals surface area contributed by atoms with E-state index in [1.807, 2.05) is 12.1 Å². The highest BCUT2D eigenvalue weighted by molar-refractivity contribution is 5.88. The number of hydrogen-bond acceptors (Lipinski definition) is 2. The Bertz CT molecular complexity index is 497. The van der Waals surface area contributed by atoms with E-state index in [9.17, 15) is 4.79 Å². The van der Waals surface area contributed by atoms with Crippen LogP contribution in [0.4, 0.5) is 0 Å². The number of pyridine rings is 1. The van der Waals surface area contributed by atoms with Crippen LogP contribution in [0.15, 0.2) is 24.5 Å². The maximum atomic E-state index is 10.9. The maximum Gasteiger partial charge on any atom is 0.166 e. The van der Waals surface area contributed by atoms with Crippen LogP contribution in [-0.4, -0.2) is 15.8 Å². The van der Waals surface area contributed by atoms with E-state index in [2.05, 4.69) is 9.55 Å². The molecule has 0 aromatic carbocycles. The first-order chi connectivity index (χ1) is 6.90. The lowest BCUT2D eigenvalue weighted by Gasteiger charge is -2.03. The molecule has 0 N–H and O–H groups in total. The van der Waals surface area contributed by atoms with Crippen LogP contribution < -0.4 is 0 Å². The van der Waals surface area contributed by atoms with Crippen molar-refractivity contribution in [1.29, 1.82) is 0 Å². The van der Waals surface area contributed by atoms with Crippen LogP contribution in [0.2, 0.25) is 0 Å². The van der Waals surface area contributed by atoms with E-state index in [0.29, 0.717) is 6.04 Å². The highest BCUT2D eigenvalue weighted by Crippen LogP contribution is 2.38. The molecule has 0 radical (unpaired) electrons. The fourth-order valence-corrected chi connectivity index (χ4v) is 1.93. The molecule has 1 aliphatic carbocycles. The highest BCUT2D eigenvalue weighted by atomic mass is 16.1. The van der Waals surface area contributed by atoms with Gasteiger partial charge < -0.3 is 4.57 Å². The molecule has 0 unspecified atom stereocenters. The Kier molecular flexibility index (Phi) is 1.48. The molecule has 2 heterocycles. The van der Waals surface area contributed by atoms with Crippen LogP contribution in [0, 0.1) is 0 Å². The molecular formula is C11H10N2O. The Labute approximate surface area is 81.4 Å². The Morgan fingerprint density at radius 2 is 2.36 bits per heavy atom. The van der Waals surface area contributed by atoms with Crippen molar-refractivity contribution in [3.8, 4) is 0 Å². The fraction of sp³-hybridized carbons (Fsp3) is 0.273. The van der Waals surface area contributed by atoms with E-state index in [0.717, 1.165) is 22.9 Å². The number of fused-ring (bicyclic) bond motifs is 1. The Hall–Kier alpha value is -1.64. The van der Waals surface area contributed by atoms with Crippen molar-refractivity contribution in [2.75, 3.05) is 0 Å². The molecule has 2 aromatic rings. The van der Waals surface area contributed by atoms with E-state index >= 15 is 0 Å². The van der Waals surface area contributed by atoms with Gasteiger partial charge >= 0.3 is 0 Å². The number of carbonyl (C=O) groups excluding carboxylic acids is 1. The van der Waals surface area contributed by atoms with E-state index < -0.39 is 0 Å². The van der Waals surface area contributed by atoms with Gasteiger partial charge in [-0.05, 0) is 25.0 Å². The number of carbonyl (C=O) groups is 1. The third-order valence-electron chi connectivity index (χ3n) is 2.70. The fourth-order valence-electron chi connectivity index (χ4n) is 1.93. The summed E-state index contributed by atoms with van der Waals surface area (Å²) in [7, 11) is 0. The predicted octanol–water partition coefficient (Wildman–Crippen LogP) is 2.18. The van der Waals surface area contributed by atoms with E-state index in [4.69, 9.17) is 0 Å². The summed E-state index contributed by atoms with van der Waals surface area (Å²) in [6.07, 6.45) is 6.88. The molecule has 0 spiro atoms. The molecule has 1 saturated carbocycles. The minimum absolute atomic E-state index is 0.537. The second kappa shape index (κ2) is 2.67. The van der Waals surface area contributed by atoms with Gasteiger partial charge in [-0.25, -0.2) is 0 Å². The van der Waals surface area contributed by atoms with Gasteiger partial charge in [0.25, 0.3) is 0 Å². The molecule has 0 atom stereocenters. The lowest BCUT2D eigenvalue weighted by atomic mass is 10.3. The number of aldehydes is 1. The minimum atomic E-state index is 0.537. The smallest absolute Gasteiger partial charge is 0.166 e. The minimum Gasteiger partial charge on any atom is -0.335 e. The molecular weight excluding hydrogens is 176 g/mol. The Morgan fingerprint density at radius 3 is 3.07 bits per heavy atom. The summed E-state index contributed by atoms with van der Waals surface area (Å²) in [5.41, 5.74) is 1.90. The Morgan fingerprint density at radius 1 is 1.50 bits per heavy atom.